The molecule has 0 saturated carbocycles. The lowest BCUT2D eigenvalue weighted by molar-refractivity contribution is 0.00341. The summed E-state index contributed by atoms with van der Waals surface area (Å²) in [6, 6.07) is 19.6. The molecule has 33 heavy (non-hydrogen) atoms. The van der Waals surface area contributed by atoms with Crippen LogP contribution >= 0.6 is 23.2 Å². The summed E-state index contributed by atoms with van der Waals surface area (Å²) in [6.07, 6.45) is 1.44. The van der Waals surface area contributed by atoms with Crippen LogP contribution in [0.2, 0.25) is 10.2 Å². The standard InChI is InChI=1S/C26H27Cl2N3O2/c1-19-3-2-4-20(15-19)18-33-24(21-5-8-23(27)9-6-21)17-30-11-13-31(14-12-30)26(32)22-7-10-25(28)29-16-22/h2-10,15-16,24H,11-14,17-18H2,1H3/t24-/m1/s1. The Balaban J connectivity index is 1.38. The summed E-state index contributed by atoms with van der Waals surface area (Å²) in [6.45, 7) is 6.25. The van der Waals surface area contributed by atoms with Crippen LogP contribution in [-0.2, 0) is 11.3 Å². The number of carbonyl (C=O) groups excluding carboxylic acids is 1. The van der Waals surface area contributed by atoms with Gasteiger partial charge in [-0.15, -0.1) is 0 Å². The zero-order valence-corrected chi connectivity index (χ0v) is 20.1. The molecule has 3 aromatic rings. The van der Waals surface area contributed by atoms with Crippen molar-refractivity contribution >= 4 is 29.1 Å². The lowest BCUT2D eigenvalue weighted by Crippen LogP contribution is -2.49. The molecule has 0 aliphatic carbocycles. The van der Waals surface area contributed by atoms with Gasteiger partial charge in [-0.3, -0.25) is 9.69 Å². The summed E-state index contributed by atoms with van der Waals surface area (Å²) in [5.74, 6) is -0.0104. The molecule has 0 radical (unpaired) electrons. The minimum atomic E-state index is -0.0921. The van der Waals surface area contributed by atoms with Crippen molar-refractivity contribution in [1.29, 1.82) is 0 Å². The fraction of sp³-hybridized carbons (Fsp3) is 0.308. The van der Waals surface area contributed by atoms with Crippen LogP contribution in [0.5, 0.6) is 0 Å². The predicted octanol–water partition coefficient (Wildman–Crippen LogP) is 5.41. The van der Waals surface area contributed by atoms with E-state index in [1.54, 1.807) is 12.1 Å². The maximum atomic E-state index is 12.8. The van der Waals surface area contributed by atoms with Crippen molar-refractivity contribution in [3.05, 3.63) is 99.3 Å². The van der Waals surface area contributed by atoms with E-state index in [1.807, 2.05) is 29.2 Å². The van der Waals surface area contributed by atoms with Crippen LogP contribution in [0.1, 0.15) is 33.2 Å². The molecule has 1 aliphatic rings. The zero-order valence-electron chi connectivity index (χ0n) is 18.6. The Hall–Kier alpha value is -2.44. The minimum absolute atomic E-state index is 0.0104. The van der Waals surface area contributed by atoms with E-state index in [-0.39, 0.29) is 12.0 Å². The molecule has 0 unspecified atom stereocenters. The zero-order chi connectivity index (χ0) is 23.2. The van der Waals surface area contributed by atoms with Gasteiger partial charge < -0.3 is 9.64 Å². The van der Waals surface area contributed by atoms with Crippen molar-refractivity contribution in [2.75, 3.05) is 32.7 Å². The lowest BCUT2D eigenvalue weighted by atomic mass is 10.1. The Morgan fingerprint density at radius 1 is 1.03 bits per heavy atom. The average molecular weight is 484 g/mol. The number of piperazine rings is 1. The van der Waals surface area contributed by atoms with Gasteiger partial charge in [0.05, 0.1) is 18.3 Å². The largest absolute Gasteiger partial charge is 0.368 e. The predicted molar refractivity (Wildman–Crippen MR) is 132 cm³/mol. The normalized spacial score (nSPS) is 15.4. The van der Waals surface area contributed by atoms with Crippen LogP contribution in [0.4, 0.5) is 0 Å². The summed E-state index contributed by atoms with van der Waals surface area (Å²) in [7, 11) is 0. The highest BCUT2D eigenvalue weighted by Crippen LogP contribution is 2.24. The third-order valence-electron chi connectivity index (χ3n) is 5.83. The van der Waals surface area contributed by atoms with Gasteiger partial charge in [-0.05, 0) is 42.3 Å². The number of hydrogen-bond acceptors (Lipinski definition) is 4. The Morgan fingerprint density at radius 3 is 2.45 bits per heavy atom. The van der Waals surface area contributed by atoms with Gasteiger partial charge in [0.1, 0.15) is 5.15 Å². The number of benzene rings is 2. The van der Waals surface area contributed by atoms with Crippen LogP contribution in [0, 0.1) is 6.92 Å². The average Bonchev–Trinajstić information content (AvgIpc) is 2.83. The molecule has 172 valence electrons. The van der Waals surface area contributed by atoms with Crippen LogP contribution in [0.3, 0.4) is 0 Å². The van der Waals surface area contributed by atoms with Crippen molar-refractivity contribution in [2.45, 2.75) is 19.6 Å². The maximum Gasteiger partial charge on any atom is 0.255 e. The van der Waals surface area contributed by atoms with Gasteiger partial charge in [-0.1, -0.05) is 65.2 Å². The molecule has 1 atom stereocenters. The molecule has 0 N–H and O–H groups in total. The fourth-order valence-electron chi connectivity index (χ4n) is 3.98. The van der Waals surface area contributed by atoms with Crippen molar-refractivity contribution < 1.29 is 9.53 Å². The number of pyridine rings is 1. The van der Waals surface area contributed by atoms with E-state index in [2.05, 4.69) is 41.1 Å². The number of ether oxygens (including phenoxy) is 1. The highest BCUT2D eigenvalue weighted by molar-refractivity contribution is 6.30. The topological polar surface area (TPSA) is 45.7 Å². The van der Waals surface area contributed by atoms with E-state index >= 15 is 0 Å². The van der Waals surface area contributed by atoms with Crippen molar-refractivity contribution in [1.82, 2.24) is 14.8 Å². The van der Waals surface area contributed by atoms with E-state index in [9.17, 15) is 4.79 Å². The highest BCUT2D eigenvalue weighted by atomic mass is 35.5. The molecule has 1 saturated heterocycles. The summed E-state index contributed by atoms with van der Waals surface area (Å²) in [5.41, 5.74) is 4.03. The third-order valence-corrected chi connectivity index (χ3v) is 6.31. The van der Waals surface area contributed by atoms with Gasteiger partial charge in [-0.2, -0.15) is 0 Å². The number of halogens is 2. The number of aromatic nitrogens is 1. The first kappa shape index (κ1) is 23.7. The number of rotatable bonds is 7. The van der Waals surface area contributed by atoms with Gasteiger partial charge in [0.25, 0.3) is 5.91 Å². The monoisotopic (exact) mass is 483 g/mol. The minimum Gasteiger partial charge on any atom is -0.368 e. The molecule has 1 fully saturated rings. The number of aryl methyl sites for hydroxylation is 1. The first-order valence-corrected chi connectivity index (χ1v) is 11.8. The van der Waals surface area contributed by atoms with E-state index in [4.69, 9.17) is 27.9 Å². The van der Waals surface area contributed by atoms with Gasteiger partial charge >= 0.3 is 0 Å². The van der Waals surface area contributed by atoms with E-state index in [0.29, 0.717) is 35.4 Å². The first-order chi connectivity index (χ1) is 16.0. The number of nitrogens with zero attached hydrogens (tertiary/aromatic N) is 3. The number of carbonyl (C=O) groups is 1. The molecule has 1 aromatic heterocycles. The third kappa shape index (κ3) is 6.55. The molecule has 5 nitrogen and oxygen atoms in total. The summed E-state index contributed by atoms with van der Waals surface area (Å²) in [4.78, 5) is 21.0. The molecular formula is C26H27Cl2N3O2. The second kappa shape index (κ2) is 11.1. The summed E-state index contributed by atoms with van der Waals surface area (Å²) >= 11 is 11.9. The van der Waals surface area contributed by atoms with E-state index < -0.39 is 0 Å². The second-order valence-corrected chi connectivity index (χ2v) is 9.13. The molecule has 0 bridgehead atoms. The van der Waals surface area contributed by atoms with Crippen LogP contribution in [0.15, 0.2) is 66.9 Å². The lowest BCUT2D eigenvalue weighted by Gasteiger charge is -2.36. The quantitative estimate of drug-likeness (QED) is 0.421. The summed E-state index contributed by atoms with van der Waals surface area (Å²) < 4.78 is 6.38. The molecular weight excluding hydrogens is 457 g/mol. The van der Waals surface area contributed by atoms with E-state index in [0.717, 1.165) is 30.8 Å². The summed E-state index contributed by atoms with van der Waals surface area (Å²) in [5, 5.41) is 1.09. The van der Waals surface area contributed by atoms with Crippen molar-refractivity contribution in [3.8, 4) is 0 Å². The number of hydrogen-bond donors (Lipinski definition) is 0. The highest BCUT2D eigenvalue weighted by Gasteiger charge is 2.25. The molecule has 0 spiro atoms. The molecule has 2 aromatic carbocycles. The van der Waals surface area contributed by atoms with Crippen molar-refractivity contribution in [3.63, 3.8) is 0 Å². The number of amides is 1. The molecule has 1 amide bonds. The molecule has 2 heterocycles. The SMILES string of the molecule is Cc1cccc(CO[C@H](CN2CCN(C(=O)c3ccc(Cl)nc3)CC2)c2ccc(Cl)cc2)c1. The Bertz CT molecular complexity index is 1070. The Morgan fingerprint density at radius 2 is 1.79 bits per heavy atom. The molecule has 7 heteroatoms. The fourth-order valence-corrected chi connectivity index (χ4v) is 4.22. The smallest absolute Gasteiger partial charge is 0.255 e. The maximum absolute atomic E-state index is 12.8. The molecule has 4 rings (SSSR count). The van der Waals surface area contributed by atoms with Gasteiger partial charge in [-0.25, -0.2) is 4.98 Å². The van der Waals surface area contributed by atoms with Crippen LogP contribution < -0.4 is 0 Å². The first-order valence-electron chi connectivity index (χ1n) is 11.0. The van der Waals surface area contributed by atoms with Gasteiger partial charge in [0.15, 0.2) is 0 Å². The van der Waals surface area contributed by atoms with E-state index in [1.165, 1.54) is 11.8 Å². The van der Waals surface area contributed by atoms with Gasteiger partial charge in [0, 0.05) is 43.9 Å². The Labute approximate surface area is 204 Å². The van der Waals surface area contributed by atoms with Gasteiger partial charge in [0.2, 0.25) is 0 Å². The van der Waals surface area contributed by atoms with Crippen molar-refractivity contribution in [2.24, 2.45) is 0 Å². The molecule has 1 aliphatic heterocycles. The Kier molecular flexibility index (Phi) is 7.99. The second-order valence-electron chi connectivity index (χ2n) is 8.30. The van der Waals surface area contributed by atoms with Crippen LogP contribution in [0.25, 0.3) is 0 Å². The van der Waals surface area contributed by atoms with Crippen LogP contribution in [-0.4, -0.2) is 53.4 Å².